The monoisotopic (exact) mass is 418 g/mol. The third-order valence-electron chi connectivity index (χ3n) is 5.15. The van der Waals surface area contributed by atoms with Gasteiger partial charge in [0.25, 0.3) is 0 Å². The number of carbonyl (C=O) groups excluding carboxylic acids is 1. The van der Waals surface area contributed by atoms with Gasteiger partial charge in [-0.3, -0.25) is 4.79 Å². The molecule has 1 saturated heterocycles. The van der Waals surface area contributed by atoms with E-state index < -0.39 is 43.4 Å². The van der Waals surface area contributed by atoms with Crippen molar-refractivity contribution in [2.24, 2.45) is 0 Å². The lowest BCUT2D eigenvalue weighted by atomic mass is 9.96. The van der Waals surface area contributed by atoms with Crippen LogP contribution in [-0.2, 0) is 9.62 Å². The summed E-state index contributed by atoms with van der Waals surface area (Å²) in [6.07, 6.45) is -7.44. The van der Waals surface area contributed by atoms with Gasteiger partial charge < -0.3 is 34.8 Å². The number of Topliss-reactive ketones (excluding diaryl/α,β-unsaturated/α-hetero) is 1. The van der Waals surface area contributed by atoms with E-state index in [0.29, 0.717) is 11.3 Å². The van der Waals surface area contributed by atoms with Crippen LogP contribution in [0.4, 0.5) is 0 Å². The minimum Gasteiger partial charge on any atom is -0.484 e. The largest absolute Gasteiger partial charge is 0.484 e. The molecule has 0 aliphatic carbocycles. The number of aliphatic hydroxyl groups excluding tert-OH is 4. The predicted octanol–water partition coefficient (Wildman–Crippen LogP) is 0.503. The van der Waals surface area contributed by atoms with Crippen LogP contribution in [0.25, 0.3) is 0 Å². The Kier molecular flexibility index (Phi) is 6.00. The van der Waals surface area contributed by atoms with Crippen LogP contribution >= 0.6 is 0 Å². The first-order valence-corrected chi connectivity index (χ1v) is 9.50. The van der Waals surface area contributed by atoms with Crippen LogP contribution in [0.15, 0.2) is 48.5 Å². The molecule has 9 heteroatoms. The van der Waals surface area contributed by atoms with Gasteiger partial charge in [0.05, 0.1) is 18.6 Å². The molecule has 2 aliphatic rings. The van der Waals surface area contributed by atoms with Gasteiger partial charge in [0.1, 0.15) is 36.3 Å². The van der Waals surface area contributed by atoms with Gasteiger partial charge in [0, 0.05) is 6.07 Å². The van der Waals surface area contributed by atoms with Crippen molar-refractivity contribution in [2.75, 3.05) is 6.61 Å². The van der Waals surface area contributed by atoms with Crippen molar-refractivity contribution in [3.8, 4) is 11.5 Å². The summed E-state index contributed by atoms with van der Waals surface area (Å²) in [6.45, 7) is -0.583. The molecule has 0 bridgehead atoms. The fourth-order valence-corrected chi connectivity index (χ4v) is 3.46. The van der Waals surface area contributed by atoms with E-state index in [2.05, 4.69) is 0 Å². The average molecular weight is 418 g/mol. The number of hydrogen-bond donors (Lipinski definition) is 4. The molecule has 30 heavy (non-hydrogen) atoms. The van der Waals surface area contributed by atoms with Crippen molar-refractivity contribution in [3.63, 3.8) is 0 Å². The van der Waals surface area contributed by atoms with Crippen LogP contribution < -0.4 is 9.62 Å². The molecule has 9 nitrogen and oxygen atoms in total. The van der Waals surface area contributed by atoms with Crippen molar-refractivity contribution in [2.45, 2.75) is 43.2 Å². The molecule has 2 aromatic carbocycles. The average Bonchev–Trinajstić information content (AvgIpc) is 2.77. The number of rotatable bonds is 5. The van der Waals surface area contributed by atoms with Crippen LogP contribution in [0.5, 0.6) is 11.5 Å². The second kappa shape index (κ2) is 8.68. The van der Waals surface area contributed by atoms with Gasteiger partial charge >= 0.3 is 0 Å². The van der Waals surface area contributed by atoms with E-state index in [1.54, 1.807) is 6.07 Å². The number of ketones is 1. The number of aliphatic hydroxyl groups is 4. The van der Waals surface area contributed by atoms with Crippen molar-refractivity contribution < 1.29 is 44.5 Å². The molecule has 0 saturated carbocycles. The van der Waals surface area contributed by atoms with Crippen molar-refractivity contribution in [1.29, 1.82) is 0 Å². The van der Waals surface area contributed by atoms with Crippen LogP contribution in [0.2, 0.25) is 0 Å². The lowest BCUT2D eigenvalue weighted by Gasteiger charge is -2.38. The highest BCUT2D eigenvalue weighted by atomic mass is 17.2. The Hall–Kier alpha value is -2.53. The van der Waals surface area contributed by atoms with Crippen LogP contribution in [0.1, 0.15) is 28.4 Å². The molecule has 4 rings (SSSR count). The number of carbonyl (C=O) groups is 1. The quantitative estimate of drug-likeness (QED) is 0.404. The maximum absolute atomic E-state index is 12.5. The summed E-state index contributed by atoms with van der Waals surface area (Å²) < 4.78 is 11.2. The van der Waals surface area contributed by atoms with E-state index in [0.717, 1.165) is 5.56 Å². The van der Waals surface area contributed by atoms with Crippen LogP contribution in [-0.4, -0.2) is 63.5 Å². The van der Waals surface area contributed by atoms with Crippen LogP contribution in [0, 0.1) is 0 Å². The zero-order chi connectivity index (χ0) is 21.3. The fraction of sp³-hybridized carbons (Fsp3) is 0.381. The third kappa shape index (κ3) is 4.04. The standard InChI is InChI=1S/C21H22O9/c22-10-17-18(24)19(25)20(26)21(28-17)30-29-12-6-7-13-14(23)9-15(27-16(13)8-12)11-4-2-1-3-5-11/h1-8,15,17-22,24-26H,9-10H2/t15?,17-,18-,19+,20-,21?/m1/s1. The summed E-state index contributed by atoms with van der Waals surface area (Å²) in [7, 11) is 0. The molecule has 2 heterocycles. The topological polar surface area (TPSA) is 135 Å². The van der Waals surface area contributed by atoms with Gasteiger partial charge in [-0.05, 0) is 17.7 Å². The second-order valence-electron chi connectivity index (χ2n) is 7.18. The first-order chi connectivity index (χ1) is 14.5. The van der Waals surface area contributed by atoms with Gasteiger partial charge in [0.2, 0.25) is 6.29 Å². The molecule has 2 aliphatic heterocycles. The molecule has 1 fully saturated rings. The maximum atomic E-state index is 12.5. The Balaban J connectivity index is 1.46. The molecule has 0 aromatic heterocycles. The number of fused-ring (bicyclic) bond motifs is 1. The Labute approximate surface area is 171 Å². The number of hydrogen-bond acceptors (Lipinski definition) is 9. The molecule has 2 unspecified atom stereocenters. The van der Waals surface area contributed by atoms with Gasteiger partial charge in [-0.15, -0.1) is 0 Å². The minimum absolute atomic E-state index is 0.0634. The summed E-state index contributed by atoms with van der Waals surface area (Å²) >= 11 is 0. The Morgan fingerprint density at radius 1 is 1.00 bits per heavy atom. The first kappa shape index (κ1) is 20.7. The Morgan fingerprint density at radius 2 is 1.77 bits per heavy atom. The van der Waals surface area contributed by atoms with E-state index in [4.69, 9.17) is 19.2 Å². The van der Waals surface area contributed by atoms with Crippen molar-refractivity contribution in [1.82, 2.24) is 0 Å². The molecule has 160 valence electrons. The summed E-state index contributed by atoms with van der Waals surface area (Å²) in [4.78, 5) is 22.7. The molecule has 6 atom stereocenters. The number of ether oxygens (including phenoxy) is 2. The summed E-state index contributed by atoms with van der Waals surface area (Å²) in [6, 6.07) is 13.9. The highest BCUT2D eigenvalue weighted by Gasteiger charge is 2.45. The van der Waals surface area contributed by atoms with Gasteiger partial charge in [-0.2, -0.15) is 4.89 Å². The van der Waals surface area contributed by atoms with E-state index in [1.807, 2.05) is 30.3 Å². The van der Waals surface area contributed by atoms with E-state index in [1.165, 1.54) is 12.1 Å². The Morgan fingerprint density at radius 3 is 2.50 bits per heavy atom. The maximum Gasteiger partial charge on any atom is 0.232 e. The summed E-state index contributed by atoms with van der Waals surface area (Å²) in [5.41, 5.74) is 1.29. The molecule has 0 amide bonds. The smallest absolute Gasteiger partial charge is 0.232 e. The van der Waals surface area contributed by atoms with E-state index in [-0.39, 0.29) is 18.0 Å². The predicted molar refractivity (Wildman–Crippen MR) is 101 cm³/mol. The SMILES string of the molecule is O=C1CC(c2ccccc2)Oc2cc(OOC3O[C@H](CO)[C@@H](O)[C@H](O)[C@H]3O)ccc21. The molecule has 2 aromatic rings. The van der Waals surface area contributed by atoms with Crippen molar-refractivity contribution >= 4 is 5.78 Å². The summed E-state index contributed by atoms with van der Waals surface area (Å²) in [5, 5.41) is 38.8. The van der Waals surface area contributed by atoms with Gasteiger partial charge in [0.15, 0.2) is 11.5 Å². The number of benzene rings is 2. The van der Waals surface area contributed by atoms with Crippen molar-refractivity contribution in [3.05, 3.63) is 59.7 Å². The zero-order valence-corrected chi connectivity index (χ0v) is 15.8. The molecule has 0 radical (unpaired) electrons. The van der Waals surface area contributed by atoms with Gasteiger partial charge in [-0.25, -0.2) is 0 Å². The fourth-order valence-electron chi connectivity index (χ4n) is 3.46. The Bertz CT molecular complexity index is 885. The second-order valence-corrected chi connectivity index (χ2v) is 7.18. The molecule has 4 N–H and O–H groups in total. The molecular formula is C21H22O9. The summed E-state index contributed by atoms with van der Waals surface area (Å²) in [5.74, 6) is 0.439. The van der Waals surface area contributed by atoms with E-state index in [9.17, 15) is 25.2 Å². The lowest BCUT2D eigenvalue weighted by molar-refractivity contribution is -0.386. The third-order valence-corrected chi connectivity index (χ3v) is 5.15. The molecule has 0 spiro atoms. The highest BCUT2D eigenvalue weighted by molar-refractivity contribution is 6.00. The minimum atomic E-state index is -1.60. The lowest BCUT2D eigenvalue weighted by Crippen LogP contribution is -2.59. The van der Waals surface area contributed by atoms with Gasteiger partial charge in [-0.1, -0.05) is 30.3 Å². The highest BCUT2D eigenvalue weighted by Crippen LogP contribution is 2.37. The first-order valence-electron chi connectivity index (χ1n) is 9.50. The van der Waals surface area contributed by atoms with Crippen LogP contribution in [0.3, 0.4) is 0 Å². The van der Waals surface area contributed by atoms with E-state index >= 15 is 0 Å². The molecular weight excluding hydrogens is 396 g/mol. The zero-order valence-electron chi connectivity index (χ0n) is 15.8. The normalized spacial score (nSPS) is 31.0.